The summed E-state index contributed by atoms with van der Waals surface area (Å²) in [6, 6.07) is 0. The minimum absolute atomic E-state index is 0.314. The zero-order valence-corrected chi connectivity index (χ0v) is 11.8. The quantitative estimate of drug-likeness (QED) is 0.718. The van der Waals surface area contributed by atoms with Crippen LogP contribution in [0.4, 0.5) is 0 Å². The second-order valence-corrected chi connectivity index (χ2v) is 5.99. The van der Waals surface area contributed by atoms with Gasteiger partial charge in [-0.2, -0.15) is 0 Å². The highest BCUT2D eigenvalue weighted by molar-refractivity contribution is 6.21. The van der Waals surface area contributed by atoms with Gasteiger partial charge in [0.05, 0.1) is 12.7 Å². The summed E-state index contributed by atoms with van der Waals surface area (Å²) in [5.74, 6) is 0.660. The summed E-state index contributed by atoms with van der Waals surface area (Å²) in [6.45, 7) is 11.9. The van der Waals surface area contributed by atoms with E-state index in [0.717, 1.165) is 39.3 Å². The molecule has 0 N–H and O–H groups in total. The highest BCUT2D eigenvalue weighted by Crippen LogP contribution is 2.22. The van der Waals surface area contributed by atoms with Gasteiger partial charge in [0.15, 0.2) is 0 Å². The fourth-order valence-electron chi connectivity index (χ4n) is 2.72. The Kier molecular flexibility index (Phi) is 5.10. The molecule has 0 aromatic heterocycles. The molecule has 0 spiro atoms. The van der Waals surface area contributed by atoms with Gasteiger partial charge in [-0.1, -0.05) is 13.8 Å². The lowest BCUT2D eigenvalue weighted by Crippen LogP contribution is -2.50. The molecule has 2 rings (SSSR count). The van der Waals surface area contributed by atoms with Gasteiger partial charge in [-0.05, 0) is 25.4 Å². The van der Waals surface area contributed by atoms with Crippen LogP contribution in [0, 0.1) is 5.92 Å². The minimum atomic E-state index is 0.314. The number of likely N-dealkylation sites (N-methyl/N-ethyl adjacent to an activating group) is 1. The molecule has 3 unspecified atom stereocenters. The average Bonchev–Trinajstić information content (AvgIpc) is 2.34. The van der Waals surface area contributed by atoms with Gasteiger partial charge in [0.2, 0.25) is 0 Å². The zero-order valence-electron chi connectivity index (χ0n) is 11.1. The van der Waals surface area contributed by atoms with E-state index in [1.807, 2.05) is 0 Å². The Morgan fingerprint density at radius 3 is 2.76 bits per heavy atom. The molecule has 2 heterocycles. The van der Waals surface area contributed by atoms with E-state index < -0.39 is 0 Å². The minimum Gasteiger partial charge on any atom is -0.374 e. The molecule has 3 nitrogen and oxygen atoms in total. The maximum absolute atomic E-state index is 6.34. The number of rotatable bonds is 3. The fourth-order valence-corrected chi connectivity index (χ4v) is 3.04. The lowest BCUT2D eigenvalue weighted by molar-refractivity contribution is -0.0447. The molecule has 0 aliphatic carbocycles. The van der Waals surface area contributed by atoms with E-state index in [1.54, 1.807) is 0 Å². The van der Waals surface area contributed by atoms with Gasteiger partial charge in [0, 0.05) is 31.6 Å². The molecule has 0 bridgehead atoms. The summed E-state index contributed by atoms with van der Waals surface area (Å²) in [5.41, 5.74) is 0. The predicted octanol–water partition coefficient (Wildman–Crippen LogP) is 1.66. The number of halogens is 1. The second-order valence-electron chi connectivity index (χ2n) is 5.43. The molecule has 3 atom stereocenters. The van der Waals surface area contributed by atoms with E-state index in [-0.39, 0.29) is 0 Å². The topological polar surface area (TPSA) is 15.7 Å². The highest BCUT2D eigenvalue weighted by Gasteiger charge is 2.27. The van der Waals surface area contributed by atoms with Gasteiger partial charge in [-0.3, -0.25) is 9.80 Å². The van der Waals surface area contributed by atoms with E-state index >= 15 is 0 Å². The Bertz CT molecular complexity index is 235. The van der Waals surface area contributed by atoms with Crippen molar-refractivity contribution in [2.24, 2.45) is 5.92 Å². The molecule has 4 heteroatoms. The summed E-state index contributed by atoms with van der Waals surface area (Å²) in [5, 5.41) is 0.314. The van der Waals surface area contributed by atoms with Gasteiger partial charge in [0.25, 0.3) is 0 Å². The van der Waals surface area contributed by atoms with Crippen LogP contribution in [0.5, 0.6) is 0 Å². The number of alkyl halides is 1. The molecule has 2 fully saturated rings. The van der Waals surface area contributed by atoms with Crippen molar-refractivity contribution in [2.75, 3.05) is 45.9 Å². The summed E-state index contributed by atoms with van der Waals surface area (Å²) in [6.07, 6.45) is 1.60. The van der Waals surface area contributed by atoms with Crippen LogP contribution in [0.1, 0.15) is 20.3 Å². The number of piperidine rings is 1. The van der Waals surface area contributed by atoms with Gasteiger partial charge in [-0.15, -0.1) is 11.6 Å². The molecule has 17 heavy (non-hydrogen) atoms. The van der Waals surface area contributed by atoms with Crippen molar-refractivity contribution in [3.8, 4) is 0 Å². The van der Waals surface area contributed by atoms with Crippen molar-refractivity contribution in [3.05, 3.63) is 0 Å². The Morgan fingerprint density at radius 2 is 2.06 bits per heavy atom. The smallest absolute Gasteiger partial charge is 0.0829 e. The van der Waals surface area contributed by atoms with Crippen molar-refractivity contribution in [3.63, 3.8) is 0 Å². The summed E-state index contributed by atoms with van der Waals surface area (Å²) < 4.78 is 5.85. The summed E-state index contributed by atoms with van der Waals surface area (Å²) in [4.78, 5) is 4.94. The molecule has 0 aromatic rings. The normalized spacial score (nSPS) is 37.2. The largest absolute Gasteiger partial charge is 0.374 e. The molecule has 2 aliphatic rings. The maximum Gasteiger partial charge on any atom is 0.0829 e. The van der Waals surface area contributed by atoms with Crippen LogP contribution in [0.25, 0.3) is 0 Å². The number of hydrogen-bond donors (Lipinski definition) is 0. The first-order chi connectivity index (χ1) is 8.19. The van der Waals surface area contributed by atoms with Gasteiger partial charge in [0.1, 0.15) is 0 Å². The van der Waals surface area contributed by atoms with E-state index in [4.69, 9.17) is 16.3 Å². The number of likely N-dealkylation sites (tertiary alicyclic amines) is 1. The maximum atomic E-state index is 6.34. The van der Waals surface area contributed by atoms with Crippen LogP contribution in [-0.2, 0) is 4.74 Å². The monoisotopic (exact) mass is 260 g/mol. The highest BCUT2D eigenvalue weighted by atomic mass is 35.5. The summed E-state index contributed by atoms with van der Waals surface area (Å²) >= 11 is 6.34. The van der Waals surface area contributed by atoms with Crippen LogP contribution >= 0.6 is 11.6 Å². The van der Waals surface area contributed by atoms with Crippen LogP contribution in [-0.4, -0.2) is 67.2 Å². The third-order valence-corrected chi connectivity index (χ3v) is 4.65. The van der Waals surface area contributed by atoms with E-state index in [9.17, 15) is 0 Å². The van der Waals surface area contributed by atoms with Gasteiger partial charge >= 0.3 is 0 Å². The number of ether oxygens (including phenoxy) is 1. The molecular weight excluding hydrogens is 236 g/mol. The third kappa shape index (κ3) is 3.82. The molecule has 0 amide bonds. The van der Waals surface area contributed by atoms with Gasteiger partial charge < -0.3 is 4.74 Å². The van der Waals surface area contributed by atoms with Crippen molar-refractivity contribution in [1.29, 1.82) is 0 Å². The van der Waals surface area contributed by atoms with Crippen molar-refractivity contribution in [2.45, 2.75) is 31.7 Å². The Balaban J connectivity index is 1.76. The molecule has 100 valence electrons. The Morgan fingerprint density at radius 1 is 1.24 bits per heavy atom. The molecule has 0 radical (unpaired) electrons. The number of hydrogen-bond acceptors (Lipinski definition) is 3. The molecule has 2 aliphatic heterocycles. The Labute approximate surface area is 110 Å². The third-order valence-electron chi connectivity index (χ3n) is 4.08. The second kappa shape index (κ2) is 6.37. The zero-order chi connectivity index (χ0) is 12.3. The molecule has 0 aromatic carbocycles. The van der Waals surface area contributed by atoms with Crippen LogP contribution < -0.4 is 0 Å². The SMILES string of the molecule is CCN1CCOC(CN2CCC(C)C(Cl)C2)C1. The molecular formula is C13H25ClN2O. The van der Waals surface area contributed by atoms with Crippen LogP contribution in [0.15, 0.2) is 0 Å². The van der Waals surface area contributed by atoms with Crippen molar-refractivity contribution in [1.82, 2.24) is 9.80 Å². The van der Waals surface area contributed by atoms with Crippen LogP contribution in [0.2, 0.25) is 0 Å². The predicted molar refractivity (Wildman–Crippen MR) is 71.7 cm³/mol. The van der Waals surface area contributed by atoms with E-state index in [0.29, 0.717) is 17.4 Å². The number of morpholine rings is 1. The Hall–Kier alpha value is 0.170. The van der Waals surface area contributed by atoms with Crippen molar-refractivity contribution < 1.29 is 4.74 Å². The van der Waals surface area contributed by atoms with Crippen LogP contribution in [0.3, 0.4) is 0 Å². The lowest BCUT2D eigenvalue weighted by atomic mass is 9.98. The summed E-state index contributed by atoms with van der Waals surface area (Å²) in [7, 11) is 0. The first kappa shape index (κ1) is 13.6. The first-order valence-electron chi connectivity index (χ1n) is 6.89. The van der Waals surface area contributed by atoms with Crippen molar-refractivity contribution >= 4 is 11.6 Å². The first-order valence-corrected chi connectivity index (χ1v) is 7.33. The standard InChI is InChI=1S/C13H25ClN2O/c1-3-15-6-7-17-12(8-15)9-16-5-4-11(2)13(14)10-16/h11-13H,3-10H2,1-2H3. The lowest BCUT2D eigenvalue weighted by Gasteiger charge is -2.39. The fraction of sp³-hybridized carbons (Fsp3) is 1.00. The molecule has 0 saturated carbocycles. The average molecular weight is 261 g/mol. The van der Waals surface area contributed by atoms with E-state index in [2.05, 4.69) is 23.6 Å². The molecule has 2 saturated heterocycles. The van der Waals surface area contributed by atoms with Gasteiger partial charge in [-0.25, -0.2) is 0 Å². The van der Waals surface area contributed by atoms with E-state index in [1.165, 1.54) is 13.0 Å². The number of nitrogens with zero attached hydrogens (tertiary/aromatic N) is 2.